The summed E-state index contributed by atoms with van der Waals surface area (Å²) in [6.07, 6.45) is 6.22. The molecule has 0 aliphatic carbocycles. The lowest BCUT2D eigenvalue weighted by molar-refractivity contribution is 0.0166. The lowest BCUT2D eigenvalue weighted by atomic mass is 9.98. The van der Waals surface area contributed by atoms with Gasteiger partial charge in [0.2, 0.25) is 0 Å². The minimum Gasteiger partial charge on any atom is -0.444 e. The standard InChI is InChI=1S/C17H29N3O2/c1-17(2,3)22-16(21)20-8-5-6-14(13-20)10-18-11-15-7-9-19(4)12-15/h7,9,12,14,18H,5-6,8,10-11,13H2,1-4H3. The highest BCUT2D eigenvalue weighted by atomic mass is 16.6. The molecule has 1 fully saturated rings. The Balaban J connectivity index is 1.74. The molecule has 124 valence electrons. The van der Waals surface area contributed by atoms with E-state index in [1.165, 1.54) is 12.0 Å². The van der Waals surface area contributed by atoms with Gasteiger partial charge in [0, 0.05) is 39.1 Å². The molecule has 1 aliphatic heterocycles. The highest BCUT2D eigenvalue weighted by Gasteiger charge is 2.27. The van der Waals surface area contributed by atoms with Crippen LogP contribution in [0.1, 0.15) is 39.2 Å². The first-order chi connectivity index (χ1) is 10.3. The van der Waals surface area contributed by atoms with Crippen LogP contribution in [-0.2, 0) is 18.3 Å². The molecular weight excluding hydrogens is 278 g/mol. The molecular formula is C17H29N3O2. The van der Waals surface area contributed by atoms with E-state index < -0.39 is 5.60 Å². The second-order valence-electron chi connectivity index (χ2n) is 7.25. The zero-order valence-corrected chi connectivity index (χ0v) is 14.3. The number of piperidine rings is 1. The lowest BCUT2D eigenvalue weighted by Gasteiger charge is -2.34. The minimum absolute atomic E-state index is 0.180. The van der Waals surface area contributed by atoms with Crippen molar-refractivity contribution in [1.29, 1.82) is 0 Å². The van der Waals surface area contributed by atoms with Crippen molar-refractivity contribution in [3.8, 4) is 0 Å². The van der Waals surface area contributed by atoms with Crippen molar-refractivity contribution in [2.45, 2.75) is 45.8 Å². The van der Waals surface area contributed by atoms with E-state index in [4.69, 9.17) is 4.74 Å². The molecule has 0 aromatic carbocycles. The van der Waals surface area contributed by atoms with Crippen LogP contribution < -0.4 is 5.32 Å². The summed E-state index contributed by atoms with van der Waals surface area (Å²) in [4.78, 5) is 14.0. The number of likely N-dealkylation sites (tertiary alicyclic amines) is 1. The SMILES string of the molecule is Cn1ccc(CNCC2CCCN(C(=O)OC(C)(C)C)C2)c1. The molecule has 1 unspecified atom stereocenters. The molecule has 5 heteroatoms. The molecule has 0 bridgehead atoms. The molecule has 0 saturated carbocycles. The molecule has 2 heterocycles. The van der Waals surface area contributed by atoms with E-state index in [0.29, 0.717) is 5.92 Å². The van der Waals surface area contributed by atoms with Crippen molar-refractivity contribution in [3.63, 3.8) is 0 Å². The van der Waals surface area contributed by atoms with Crippen LogP contribution in [0.2, 0.25) is 0 Å². The Bertz CT molecular complexity index is 490. The summed E-state index contributed by atoms with van der Waals surface area (Å²) in [5.41, 5.74) is 0.873. The van der Waals surface area contributed by atoms with E-state index in [1.807, 2.05) is 32.7 Å². The minimum atomic E-state index is -0.421. The summed E-state index contributed by atoms with van der Waals surface area (Å²) in [6, 6.07) is 2.13. The molecule has 1 N–H and O–H groups in total. The first-order valence-electron chi connectivity index (χ1n) is 8.13. The fourth-order valence-electron chi connectivity index (χ4n) is 2.81. The Kier molecular flexibility index (Phi) is 5.51. The number of carbonyl (C=O) groups excluding carboxylic acids is 1. The van der Waals surface area contributed by atoms with E-state index in [-0.39, 0.29) is 6.09 Å². The Morgan fingerprint density at radius 1 is 1.45 bits per heavy atom. The summed E-state index contributed by atoms with van der Waals surface area (Å²) < 4.78 is 7.52. The van der Waals surface area contributed by atoms with Crippen LogP contribution in [0.15, 0.2) is 18.5 Å². The number of hydrogen-bond acceptors (Lipinski definition) is 3. The number of carbonyl (C=O) groups is 1. The Morgan fingerprint density at radius 3 is 2.86 bits per heavy atom. The summed E-state index contributed by atoms with van der Waals surface area (Å²) >= 11 is 0. The van der Waals surface area contributed by atoms with Crippen molar-refractivity contribution in [2.75, 3.05) is 19.6 Å². The third kappa shape index (κ3) is 5.37. The molecule has 0 spiro atoms. The van der Waals surface area contributed by atoms with Gasteiger partial charge < -0.3 is 19.5 Å². The number of aryl methyl sites for hydroxylation is 1. The molecule has 0 radical (unpaired) electrons. The van der Waals surface area contributed by atoms with Gasteiger partial charge in [-0.15, -0.1) is 0 Å². The summed E-state index contributed by atoms with van der Waals surface area (Å²) in [6.45, 7) is 9.15. The summed E-state index contributed by atoms with van der Waals surface area (Å²) in [5.74, 6) is 0.505. The summed E-state index contributed by atoms with van der Waals surface area (Å²) in [7, 11) is 2.03. The van der Waals surface area contributed by atoms with Gasteiger partial charge in [0.25, 0.3) is 0 Å². The summed E-state index contributed by atoms with van der Waals surface area (Å²) in [5, 5.41) is 3.50. The van der Waals surface area contributed by atoms with Crippen LogP contribution in [-0.4, -0.2) is 40.8 Å². The zero-order valence-electron chi connectivity index (χ0n) is 14.3. The van der Waals surface area contributed by atoms with Crippen LogP contribution in [0.25, 0.3) is 0 Å². The van der Waals surface area contributed by atoms with E-state index >= 15 is 0 Å². The zero-order chi connectivity index (χ0) is 16.2. The van der Waals surface area contributed by atoms with Gasteiger partial charge in [-0.05, 0) is 57.7 Å². The maximum absolute atomic E-state index is 12.1. The maximum atomic E-state index is 12.1. The first kappa shape index (κ1) is 16.9. The van der Waals surface area contributed by atoms with Crippen molar-refractivity contribution in [3.05, 3.63) is 24.0 Å². The Labute approximate surface area is 133 Å². The smallest absolute Gasteiger partial charge is 0.410 e. The highest BCUT2D eigenvalue weighted by molar-refractivity contribution is 5.68. The second kappa shape index (κ2) is 7.18. The van der Waals surface area contributed by atoms with Gasteiger partial charge in [-0.1, -0.05) is 0 Å². The Hall–Kier alpha value is -1.49. The van der Waals surface area contributed by atoms with Gasteiger partial charge in [-0.3, -0.25) is 0 Å². The molecule has 1 aromatic heterocycles. The predicted octanol–water partition coefficient (Wildman–Crippen LogP) is 2.76. The van der Waals surface area contributed by atoms with Gasteiger partial charge in [-0.2, -0.15) is 0 Å². The van der Waals surface area contributed by atoms with Crippen LogP contribution in [0, 0.1) is 5.92 Å². The largest absolute Gasteiger partial charge is 0.444 e. The number of rotatable bonds is 4. The molecule has 22 heavy (non-hydrogen) atoms. The average molecular weight is 307 g/mol. The molecule has 2 rings (SSSR count). The van der Waals surface area contributed by atoms with Crippen LogP contribution in [0.4, 0.5) is 4.79 Å². The maximum Gasteiger partial charge on any atom is 0.410 e. The number of nitrogens with zero attached hydrogens (tertiary/aromatic N) is 2. The number of nitrogens with one attached hydrogen (secondary N) is 1. The van der Waals surface area contributed by atoms with E-state index in [1.54, 1.807) is 0 Å². The van der Waals surface area contributed by atoms with Crippen molar-refractivity contribution in [2.24, 2.45) is 13.0 Å². The molecule has 1 amide bonds. The first-order valence-corrected chi connectivity index (χ1v) is 8.13. The molecule has 1 aliphatic rings. The quantitative estimate of drug-likeness (QED) is 0.930. The lowest BCUT2D eigenvalue weighted by Crippen LogP contribution is -2.44. The molecule has 5 nitrogen and oxygen atoms in total. The monoisotopic (exact) mass is 307 g/mol. The van der Waals surface area contributed by atoms with Crippen LogP contribution in [0.3, 0.4) is 0 Å². The highest BCUT2D eigenvalue weighted by Crippen LogP contribution is 2.19. The molecule has 1 atom stereocenters. The van der Waals surface area contributed by atoms with Gasteiger partial charge in [0.1, 0.15) is 5.60 Å². The Morgan fingerprint density at radius 2 is 2.23 bits per heavy atom. The van der Waals surface area contributed by atoms with Crippen molar-refractivity contribution < 1.29 is 9.53 Å². The normalized spacial score (nSPS) is 19.3. The topological polar surface area (TPSA) is 46.5 Å². The van der Waals surface area contributed by atoms with Crippen LogP contribution >= 0.6 is 0 Å². The number of hydrogen-bond donors (Lipinski definition) is 1. The fourth-order valence-corrected chi connectivity index (χ4v) is 2.81. The third-order valence-corrected chi connectivity index (χ3v) is 3.83. The van der Waals surface area contributed by atoms with Crippen LogP contribution in [0.5, 0.6) is 0 Å². The van der Waals surface area contributed by atoms with E-state index in [2.05, 4.69) is 28.3 Å². The van der Waals surface area contributed by atoms with Crippen molar-refractivity contribution >= 4 is 6.09 Å². The van der Waals surface area contributed by atoms with E-state index in [9.17, 15) is 4.79 Å². The second-order valence-corrected chi connectivity index (χ2v) is 7.25. The van der Waals surface area contributed by atoms with Gasteiger partial charge in [0.05, 0.1) is 0 Å². The fraction of sp³-hybridized carbons (Fsp3) is 0.706. The average Bonchev–Trinajstić information content (AvgIpc) is 2.83. The van der Waals surface area contributed by atoms with Crippen molar-refractivity contribution in [1.82, 2.24) is 14.8 Å². The van der Waals surface area contributed by atoms with Gasteiger partial charge >= 0.3 is 6.09 Å². The molecule has 1 aromatic rings. The number of aromatic nitrogens is 1. The number of ether oxygens (including phenoxy) is 1. The molecule has 1 saturated heterocycles. The number of amides is 1. The third-order valence-electron chi connectivity index (χ3n) is 3.83. The van der Waals surface area contributed by atoms with E-state index in [0.717, 1.165) is 32.6 Å². The predicted molar refractivity (Wildman–Crippen MR) is 87.7 cm³/mol. The van der Waals surface area contributed by atoms with Gasteiger partial charge in [0.15, 0.2) is 0 Å². The van der Waals surface area contributed by atoms with Gasteiger partial charge in [-0.25, -0.2) is 4.79 Å².